The molecule has 0 radical (unpaired) electrons. The Hall–Kier alpha value is -2.10. The van der Waals surface area contributed by atoms with Gasteiger partial charge < -0.3 is 19.4 Å². The summed E-state index contributed by atoms with van der Waals surface area (Å²) in [5.74, 6) is 1.65. The van der Waals surface area contributed by atoms with Crippen molar-refractivity contribution in [1.82, 2.24) is 4.57 Å². The minimum absolute atomic E-state index is 0.621. The lowest BCUT2D eigenvalue weighted by Gasteiger charge is -2.19. The molecule has 1 aromatic heterocycles. The predicted molar refractivity (Wildman–Crippen MR) is 79.5 cm³/mol. The van der Waals surface area contributed by atoms with E-state index in [0.29, 0.717) is 13.2 Å². The lowest BCUT2D eigenvalue weighted by molar-refractivity contribution is 0.171. The molecule has 1 aliphatic heterocycles. The fraction of sp³-hybridized carbons (Fsp3) is 0.375. The van der Waals surface area contributed by atoms with Crippen LogP contribution in [0.5, 0.6) is 11.5 Å². The van der Waals surface area contributed by atoms with E-state index in [1.807, 2.05) is 18.2 Å². The number of aromatic nitrogens is 1. The summed E-state index contributed by atoms with van der Waals surface area (Å²) < 4.78 is 13.3. The number of ether oxygens (including phenoxy) is 2. The van der Waals surface area contributed by atoms with Crippen LogP contribution in [0, 0.1) is 0 Å². The quantitative estimate of drug-likeness (QED) is 0.907. The van der Waals surface area contributed by atoms with E-state index in [1.54, 1.807) is 0 Å². The van der Waals surface area contributed by atoms with Crippen molar-refractivity contribution in [3.63, 3.8) is 0 Å². The Balaban J connectivity index is 1.62. The van der Waals surface area contributed by atoms with Crippen LogP contribution in [-0.4, -0.2) is 17.8 Å². The normalized spacial score (nSPS) is 13.2. The maximum absolute atomic E-state index is 5.58. The average Bonchev–Trinajstić information content (AvgIpc) is 2.93. The zero-order valence-electron chi connectivity index (χ0n) is 11.8. The van der Waals surface area contributed by atoms with Crippen molar-refractivity contribution >= 4 is 5.69 Å². The minimum atomic E-state index is 0.621. The molecule has 4 heteroatoms. The molecular formula is C16H20N2O2. The Bertz CT molecular complexity index is 578. The van der Waals surface area contributed by atoms with Crippen molar-refractivity contribution in [1.29, 1.82) is 0 Å². The number of fused-ring (bicyclic) bond motifs is 1. The second-order valence-electron chi connectivity index (χ2n) is 4.97. The Kier molecular flexibility index (Phi) is 3.81. The van der Waals surface area contributed by atoms with Gasteiger partial charge in [0.05, 0.1) is 0 Å². The molecule has 20 heavy (non-hydrogen) atoms. The second kappa shape index (κ2) is 5.90. The van der Waals surface area contributed by atoms with Crippen LogP contribution in [-0.2, 0) is 13.1 Å². The number of nitrogens with zero attached hydrogens (tertiary/aromatic N) is 1. The van der Waals surface area contributed by atoms with Gasteiger partial charge in [0, 0.05) is 37.2 Å². The lowest BCUT2D eigenvalue weighted by Crippen LogP contribution is -2.15. The van der Waals surface area contributed by atoms with Crippen molar-refractivity contribution in [3.8, 4) is 11.5 Å². The topological polar surface area (TPSA) is 35.4 Å². The smallest absolute Gasteiger partial charge is 0.163 e. The van der Waals surface area contributed by atoms with Crippen LogP contribution >= 0.6 is 0 Å². The van der Waals surface area contributed by atoms with E-state index in [9.17, 15) is 0 Å². The fourth-order valence-corrected chi connectivity index (χ4v) is 2.35. The van der Waals surface area contributed by atoms with Crippen LogP contribution < -0.4 is 14.8 Å². The number of aryl methyl sites for hydroxylation is 1. The van der Waals surface area contributed by atoms with Gasteiger partial charge in [-0.1, -0.05) is 6.92 Å². The molecule has 0 unspecified atom stereocenters. The van der Waals surface area contributed by atoms with Gasteiger partial charge in [-0.25, -0.2) is 0 Å². The Morgan fingerprint density at radius 2 is 2.00 bits per heavy atom. The molecule has 0 fully saturated rings. The fourth-order valence-electron chi connectivity index (χ4n) is 2.35. The highest BCUT2D eigenvalue weighted by Crippen LogP contribution is 2.32. The van der Waals surface area contributed by atoms with E-state index in [2.05, 4.69) is 35.3 Å². The van der Waals surface area contributed by atoms with E-state index in [1.165, 1.54) is 5.56 Å². The molecule has 4 nitrogen and oxygen atoms in total. The molecule has 0 saturated heterocycles. The SMILES string of the molecule is CCCn1ccc(CNc2ccc3c(c2)OCCO3)c1. The van der Waals surface area contributed by atoms with Crippen LogP contribution in [0.1, 0.15) is 18.9 Å². The van der Waals surface area contributed by atoms with Crippen molar-refractivity contribution in [3.05, 3.63) is 42.2 Å². The largest absolute Gasteiger partial charge is 0.486 e. The first-order chi connectivity index (χ1) is 9.85. The number of hydrogen-bond acceptors (Lipinski definition) is 3. The number of hydrogen-bond donors (Lipinski definition) is 1. The first-order valence-electron chi connectivity index (χ1n) is 7.13. The Labute approximate surface area is 119 Å². The van der Waals surface area contributed by atoms with Gasteiger partial charge in [0.25, 0.3) is 0 Å². The highest BCUT2D eigenvalue weighted by molar-refractivity contribution is 5.55. The summed E-state index contributed by atoms with van der Waals surface area (Å²) in [6, 6.07) is 8.13. The zero-order chi connectivity index (χ0) is 13.8. The van der Waals surface area contributed by atoms with Crippen molar-refractivity contribution in [2.45, 2.75) is 26.4 Å². The molecule has 0 atom stereocenters. The van der Waals surface area contributed by atoms with E-state index in [0.717, 1.165) is 36.7 Å². The van der Waals surface area contributed by atoms with E-state index in [4.69, 9.17) is 9.47 Å². The molecule has 0 aliphatic carbocycles. The number of nitrogens with one attached hydrogen (secondary N) is 1. The van der Waals surface area contributed by atoms with Gasteiger partial charge in [-0.15, -0.1) is 0 Å². The summed E-state index contributed by atoms with van der Waals surface area (Å²) >= 11 is 0. The average molecular weight is 272 g/mol. The second-order valence-corrected chi connectivity index (χ2v) is 4.97. The molecule has 2 heterocycles. The highest BCUT2D eigenvalue weighted by atomic mass is 16.6. The van der Waals surface area contributed by atoms with Gasteiger partial charge in [0.2, 0.25) is 0 Å². The molecule has 3 rings (SSSR count). The molecule has 106 valence electrons. The maximum atomic E-state index is 5.58. The molecule has 1 N–H and O–H groups in total. The van der Waals surface area contributed by atoms with Crippen molar-refractivity contribution in [2.75, 3.05) is 18.5 Å². The third kappa shape index (κ3) is 2.90. The van der Waals surface area contributed by atoms with Gasteiger partial charge >= 0.3 is 0 Å². The third-order valence-corrected chi connectivity index (χ3v) is 3.33. The Morgan fingerprint density at radius 3 is 2.85 bits per heavy atom. The third-order valence-electron chi connectivity index (χ3n) is 3.33. The molecule has 0 saturated carbocycles. The highest BCUT2D eigenvalue weighted by Gasteiger charge is 2.11. The summed E-state index contributed by atoms with van der Waals surface area (Å²) in [7, 11) is 0. The van der Waals surface area contributed by atoms with Gasteiger partial charge in [-0.2, -0.15) is 0 Å². The van der Waals surface area contributed by atoms with Crippen molar-refractivity contribution in [2.24, 2.45) is 0 Å². The van der Waals surface area contributed by atoms with Gasteiger partial charge in [-0.3, -0.25) is 0 Å². The van der Waals surface area contributed by atoms with E-state index >= 15 is 0 Å². The van der Waals surface area contributed by atoms with E-state index < -0.39 is 0 Å². The van der Waals surface area contributed by atoms with Crippen LogP contribution in [0.25, 0.3) is 0 Å². The molecule has 0 amide bonds. The van der Waals surface area contributed by atoms with Crippen LogP contribution in [0.4, 0.5) is 5.69 Å². The van der Waals surface area contributed by atoms with Gasteiger partial charge in [0.15, 0.2) is 11.5 Å². The minimum Gasteiger partial charge on any atom is -0.486 e. The Morgan fingerprint density at radius 1 is 1.15 bits per heavy atom. The standard InChI is InChI=1S/C16H20N2O2/c1-2-6-18-7-5-13(12-18)11-17-14-3-4-15-16(10-14)20-9-8-19-15/h3-5,7,10,12,17H,2,6,8-9,11H2,1H3. The summed E-state index contributed by atoms with van der Waals surface area (Å²) in [5.41, 5.74) is 2.34. The molecule has 0 spiro atoms. The molecule has 1 aliphatic rings. The first kappa shape index (κ1) is 12.9. The molecule has 0 bridgehead atoms. The maximum Gasteiger partial charge on any atom is 0.163 e. The van der Waals surface area contributed by atoms with Gasteiger partial charge in [0.1, 0.15) is 13.2 Å². The van der Waals surface area contributed by atoms with Crippen molar-refractivity contribution < 1.29 is 9.47 Å². The van der Waals surface area contributed by atoms with Crippen LogP contribution in [0.2, 0.25) is 0 Å². The predicted octanol–water partition coefficient (Wildman–Crippen LogP) is 3.28. The summed E-state index contributed by atoms with van der Waals surface area (Å²) in [5, 5.41) is 3.42. The lowest BCUT2D eigenvalue weighted by atomic mass is 10.2. The number of anilines is 1. The van der Waals surface area contributed by atoms with E-state index in [-0.39, 0.29) is 0 Å². The summed E-state index contributed by atoms with van der Waals surface area (Å²) in [6.07, 6.45) is 5.47. The van der Waals surface area contributed by atoms with Crippen LogP contribution in [0.15, 0.2) is 36.7 Å². The monoisotopic (exact) mass is 272 g/mol. The molecule has 2 aromatic rings. The number of benzene rings is 1. The first-order valence-corrected chi connectivity index (χ1v) is 7.13. The zero-order valence-corrected chi connectivity index (χ0v) is 11.8. The van der Waals surface area contributed by atoms with Crippen LogP contribution in [0.3, 0.4) is 0 Å². The number of rotatable bonds is 5. The summed E-state index contributed by atoms with van der Waals surface area (Å²) in [6.45, 7) is 5.33. The van der Waals surface area contributed by atoms with Gasteiger partial charge in [-0.05, 0) is 30.2 Å². The molecular weight excluding hydrogens is 252 g/mol. The summed E-state index contributed by atoms with van der Waals surface area (Å²) in [4.78, 5) is 0. The molecule has 1 aromatic carbocycles.